The predicted molar refractivity (Wildman–Crippen MR) is 69.1 cm³/mol. The maximum absolute atomic E-state index is 14.2. The molecule has 0 bridgehead atoms. The lowest BCUT2D eigenvalue weighted by atomic mass is 9.88. The third-order valence-electron chi connectivity index (χ3n) is 3.43. The van der Waals surface area contributed by atoms with E-state index < -0.39 is 5.54 Å². The molecule has 1 saturated carbocycles. The minimum Gasteiger partial charge on any atom is -0.380 e. The molecule has 0 radical (unpaired) electrons. The number of methoxy groups -OCH3 is 1. The highest BCUT2D eigenvalue weighted by Gasteiger charge is 2.34. The first-order valence-corrected chi connectivity index (χ1v) is 6.62. The third-order valence-corrected chi connectivity index (χ3v) is 4.01. The van der Waals surface area contributed by atoms with Crippen LogP contribution in [0.4, 0.5) is 4.39 Å². The predicted octanol–water partition coefficient (Wildman–Crippen LogP) is 3.46. The van der Waals surface area contributed by atoms with Crippen molar-refractivity contribution in [2.24, 2.45) is 5.73 Å². The fourth-order valence-electron chi connectivity index (χ4n) is 2.53. The van der Waals surface area contributed by atoms with Gasteiger partial charge in [0.05, 0.1) is 11.1 Å². The van der Waals surface area contributed by atoms with Crippen molar-refractivity contribution in [1.29, 1.82) is 0 Å². The number of hydrogen-bond donors (Lipinski definition) is 1. The van der Waals surface area contributed by atoms with Gasteiger partial charge >= 0.3 is 0 Å². The number of rotatable bonds is 3. The molecule has 1 aromatic carbocycles. The summed E-state index contributed by atoms with van der Waals surface area (Å²) in [4.78, 5) is 0. The van der Waals surface area contributed by atoms with E-state index in [1.54, 1.807) is 13.2 Å². The van der Waals surface area contributed by atoms with Crippen molar-refractivity contribution in [2.45, 2.75) is 37.8 Å². The van der Waals surface area contributed by atoms with Crippen LogP contribution in [0.15, 0.2) is 16.6 Å². The van der Waals surface area contributed by atoms with Crippen LogP contribution in [0, 0.1) is 5.82 Å². The monoisotopic (exact) mass is 301 g/mol. The molecule has 17 heavy (non-hydrogen) atoms. The van der Waals surface area contributed by atoms with Crippen LogP contribution < -0.4 is 5.73 Å². The van der Waals surface area contributed by atoms with Crippen LogP contribution in [0.3, 0.4) is 0 Å². The van der Waals surface area contributed by atoms with Gasteiger partial charge in [0.1, 0.15) is 5.82 Å². The molecule has 0 heterocycles. The maximum Gasteiger partial charge on any atom is 0.142 e. The zero-order valence-electron chi connectivity index (χ0n) is 9.93. The lowest BCUT2D eigenvalue weighted by Gasteiger charge is -2.25. The van der Waals surface area contributed by atoms with Crippen LogP contribution in [0.25, 0.3) is 0 Å². The van der Waals surface area contributed by atoms with Gasteiger partial charge in [0.2, 0.25) is 0 Å². The Morgan fingerprint density at radius 3 is 2.65 bits per heavy atom. The summed E-state index contributed by atoms with van der Waals surface area (Å²) in [6.45, 7) is 0.474. The van der Waals surface area contributed by atoms with Crippen molar-refractivity contribution in [1.82, 2.24) is 0 Å². The molecule has 0 spiro atoms. The Hall–Kier alpha value is -0.450. The van der Waals surface area contributed by atoms with Crippen LogP contribution in [0.1, 0.15) is 36.8 Å². The number of ether oxygens (including phenoxy) is 1. The molecule has 0 saturated heterocycles. The zero-order chi connectivity index (χ0) is 12.5. The van der Waals surface area contributed by atoms with E-state index in [0.717, 1.165) is 31.2 Å². The topological polar surface area (TPSA) is 35.2 Å². The van der Waals surface area contributed by atoms with Crippen molar-refractivity contribution in [2.75, 3.05) is 7.11 Å². The second-order valence-corrected chi connectivity index (χ2v) is 5.59. The molecule has 0 amide bonds. The van der Waals surface area contributed by atoms with Gasteiger partial charge in [0, 0.05) is 18.2 Å². The van der Waals surface area contributed by atoms with Crippen molar-refractivity contribution in [3.63, 3.8) is 0 Å². The Bertz CT molecular complexity index is 416. The molecule has 1 aliphatic rings. The third kappa shape index (κ3) is 2.54. The average molecular weight is 302 g/mol. The largest absolute Gasteiger partial charge is 0.380 e. The van der Waals surface area contributed by atoms with E-state index in [2.05, 4.69) is 15.9 Å². The summed E-state index contributed by atoms with van der Waals surface area (Å²) in [5.41, 5.74) is 7.38. The lowest BCUT2D eigenvalue weighted by molar-refractivity contribution is 0.184. The van der Waals surface area contributed by atoms with E-state index in [9.17, 15) is 4.39 Å². The minimum absolute atomic E-state index is 0.228. The number of halogens is 2. The average Bonchev–Trinajstić information content (AvgIpc) is 2.72. The minimum atomic E-state index is -0.504. The second kappa shape index (κ2) is 5.04. The summed E-state index contributed by atoms with van der Waals surface area (Å²) in [7, 11) is 1.63. The Morgan fingerprint density at radius 1 is 1.41 bits per heavy atom. The van der Waals surface area contributed by atoms with Crippen molar-refractivity contribution < 1.29 is 9.13 Å². The van der Waals surface area contributed by atoms with Gasteiger partial charge in [-0.3, -0.25) is 0 Å². The molecule has 2 N–H and O–H groups in total. The van der Waals surface area contributed by atoms with E-state index in [1.807, 2.05) is 6.07 Å². The van der Waals surface area contributed by atoms with Crippen LogP contribution in [-0.4, -0.2) is 7.11 Å². The Balaban J connectivity index is 2.44. The number of benzene rings is 1. The highest BCUT2D eigenvalue weighted by atomic mass is 79.9. The molecule has 1 fully saturated rings. The summed E-state index contributed by atoms with van der Waals surface area (Å²) in [5, 5.41) is 0. The molecule has 0 aliphatic heterocycles. The van der Waals surface area contributed by atoms with Gasteiger partial charge in [0.15, 0.2) is 0 Å². The quantitative estimate of drug-likeness (QED) is 0.928. The Morgan fingerprint density at radius 2 is 2.06 bits per heavy atom. The van der Waals surface area contributed by atoms with Crippen LogP contribution >= 0.6 is 15.9 Å². The van der Waals surface area contributed by atoms with Crippen LogP contribution in [0.5, 0.6) is 0 Å². The highest BCUT2D eigenvalue weighted by molar-refractivity contribution is 9.10. The Kier molecular flexibility index (Phi) is 3.85. The van der Waals surface area contributed by atoms with Gasteiger partial charge in [-0.05, 0) is 46.5 Å². The fraction of sp³-hybridized carbons (Fsp3) is 0.538. The smallest absolute Gasteiger partial charge is 0.142 e. The molecular weight excluding hydrogens is 285 g/mol. The number of nitrogens with two attached hydrogens (primary N) is 1. The first-order chi connectivity index (χ1) is 8.07. The van der Waals surface area contributed by atoms with Crippen molar-refractivity contribution in [3.05, 3.63) is 33.5 Å². The lowest BCUT2D eigenvalue weighted by Crippen LogP contribution is -2.34. The molecule has 94 valence electrons. The first-order valence-electron chi connectivity index (χ1n) is 5.83. The van der Waals surface area contributed by atoms with Gasteiger partial charge in [0.25, 0.3) is 0 Å². The van der Waals surface area contributed by atoms with E-state index >= 15 is 0 Å². The van der Waals surface area contributed by atoms with Gasteiger partial charge in [-0.15, -0.1) is 0 Å². The van der Waals surface area contributed by atoms with Gasteiger partial charge < -0.3 is 10.5 Å². The fourth-order valence-corrected chi connectivity index (χ4v) is 3.04. The highest BCUT2D eigenvalue weighted by Crippen LogP contribution is 2.39. The molecular formula is C13H17BrFNO. The van der Waals surface area contributed by atoms with E-state index in [-0.39, 0.29) is 5.82 Å². The molecule has 2 nitrogen and oxygen atoms in total. The summed E-state index contributed by atoms with van der Waals surface area (Å²) < 4.78 is 19.7. The van der Waals surface area contributed by atoms with Crippen LogP contribution in [0.2, 0.25) is 0 Å². The van der Waals surface area contributed by atoms with Gasteiger partial charge in [-0.1, -0.05) is 12.8 Å². The summed E-state index contributed by atoms with van der Waals surface area (Å²) >= 11 is 3.25. The first kappa shape index (κ1) is 13.0. The molecule has 0 atom stereocenters. The van der Waals surface area contributed by atoms with E-state index in [4.69, 9.17) is 10.5 Å². The molecule has 0 aromatic heterocycles. The molecule has 4 heteroatoms. The van der Waals surface area contributed by atoms with Gasteiger partial charge in [-0.2, -0.15) is 0 Å². The van der Waals surface area contributed by atoms with E-state index in [0.29, 0.717) is 16.6 Å². The zero-order valence-corrected chi connectivity index (χ0v) is 11.5. The standard InChI is InChI=1S/C13H17BrFNO/c1-17-8-9-6-10(12(15)11(14)7-9)13(16)4-2-3-5-13/h6-7H,2-5,8,16H2,1H3. The SMILES string of the molecule is COCc1cc(Br)c(F)c(C2(N)CCCC2)c1. The Labute approximate surface area is 109 Å². The maximum atomic E-state index is 14.2. The molecule has 1 aromatic rings. The molecule has 0 unspecified atom stereocenters. The summed E-state index contributed by atoms with van der Waals surface area (Å²) in [5.74, 6) is -0.228. The van der Waals surface area contributed by atoms with Crippen LogP contribution in [-0.2, 0) is 16.9 Å². The summed E-state index contributed by atoms with van der Waals surface area (Å²) in [6, 6.07) is 3.59. The van der Waals surface area contributed by atoms with E-state index in [1.165, 1.54) is 0 Å². The van der Waals surface area contributed by atoms with Crippen molar-refractivity contribution >= 4 is 15.9 Å². The molecule has 1 aliphatic carbocycles. The number of hydrogen-bond acceptors (Lipinski definition) is 2. The van der Waals surface area contributed by atoms with Gasteiger partial charge in [-0.25, -0.2) is 4.39 Å². The summed E-state index contributed by atoms with van der Waals surface area (Å²) in [6.07, 6.45) is 3.85. The second-order valence-electron chi connectivity index (χ2n) is 4.74. The normalized spacial score (nSPS) is 18.6. The van der Waals surface area contributed by atoms with Crippen molar-refractivity contribution in [3.8, 4) is 0 Å². The molecule has 2 rings (SSSR count).